The maximum Gasteiger partial charge on any atom is 0.229 e. The molecule has 1 unspecified atom stereocenters. The molecule has 0 radical (unpaired) electrons. The molecule has 0 fully saturated rings. The van der Waals surface area contributed by atoms with Crippen LogP contribution < -0.4 is 10.0 Å². The van der Waals surface area contributed by atoms with Crippen LogP contribution in [0.5, 0.6) is 0 Å². The molecule has 2 aromatic rings. The molecule has 0 saturated heterocycles. The van der Waals surface area contributed by atoms with Crippen molar-refractivity contribution < 1.29 is 8.42 Å². The van der Waals surface area contributed by atoms with Gasteiger partial charge in [-0.2, -0.15) is 0 Å². The highest BCUT2D eigenvalue weighted by Crippen LogP contribution is 2.23. The van der Waals surface area contributed by atoms with E-state index in [0.717, 1.165) is 11.8 Å². The lowest BCUT2D eigenvalue weighted by Crippen LogP contribution is -2.38. The minimum Gasteiger partial charge on any atom is -0.358 e. The fourth-order valence-corrected chi connectivity index (χ4v) is 3.66. The Morgan fingerprint density at radius 1 is 1.07 bits per heavy atom. The maximum atomic E-state index is 11.3. The van der Waals surface area contributed by atoms with E-state index in [0.29, 0.717) is 17.3 Å². The first-order chi connectivity index (χ1) is 13.4. The summed E-state index contributed by atoms with van der Waals surface area (Å²) in [5.74, 6) is 0. The van der Waals surface area contributed by atoms with Crippen molar-refractivity contribution in [3.63, 3.8) is 0 Å². The Bertz CT molecular complexity index is 932. The summed E-state index contributed by atoms with van der Waals surface area (Å²) in [5, 5.41) is 3.98. The van der Waals surface area contributed by atoms with Crippen LogP contribution in [0.2, 0.25) is 0 Å². The Morgan fingerprint density at radius 2 is 1.62 bits per heavy atom. The molecule has 7 heteroatoms. The Kier molecular flexibility index (Phi) is 7.30. The van der Waals surface area contributed by atoms with Gasteiger partial charge < -0.3 is 10.2 Å². The average molecular weight is 434 g/mol. The number of nitrogens with zero attached hydrogens (tertiary/aromatic N) is 1. The van der Waals surface area contributed by atoms with Gasteiger partial charge in [-0.3, -0.25) is 4.72 Å². The minimum absolute atomic E-state index is 0.0468. The zero-order valence-corrected chi connectivity index (χ0v) is 19.6. The molecule has 0 amide bonds. The van der Waals surface area contributed by atoms with Gasteiger partial charge in [0.2, 0.25) is 10.0 Å². The van der Waals surface area contributed by atoms with E-state index in [9.17, 15) is 8.42 Å². The standard InChI is InChI=1S/C22H31N3O2S2/c1-16(18-9-13-20(14-10-18)24-29(6,26)27)25(5)21(28)23-15-17-7-11-19(12-8-17)22(2,3)4/h7-14,16,24H,15H2,1-6H3,(H,23,28). The fraction of sp³-hybridized carbons (Fsp3) is 0.409. The molecule has 0 saturated carbocycles. The van der Waals surface area contributed by atoms with Crippen LogP contribution in [0.15, 0.2) is 48.5 Å². The van der Waals surface area contributed by atoms with Crippen LogP contribution in [0.3, 0.4) is 0 Å². The largest absolute Gasteiger partial charge is 0.358 e. The van der Waals surface area contributed by atoms with Gasteiger partial charge in [0.25, 0.3) is 0 Å². The highest BCUT2D eigenvalue weighted by molar-refractivity contribution is 7.92. The summed E-state index contributed by atoms with van der Waals surface area (Å²) in [6.45, 7) is 9.34. The van der Waals surface area contributed by atoms with Crippen molar-refractivity contribution in [3.05, 3.63) is 65.2 Å². The summed E-state index contributed by atoms with van der Waals surface area (Å²) >= 11 is 5.56. The van der Waals surface area contributed by atoms with Crippen molar-refractivity contribution in [1.29, 1.82) is 0 Å². The first-order valence-electron chi connectivity index (χ1n) is 9.54. The highest BCUT2D eigenvalue weighted by atomic mass is 32.2. The molecule has 2 N–H and O–H groups in total. The summed E-state index contributed by atoms with van der Waals surface area (Å²) in [7, 11) is -1.33. The number of thiocarbonyl (C=S) groups is 1. The van der Waals surface area contributed by atoms with Gasteiger partial charge in [-0.1, -0.05) is 57.2 Å². The van der Waals surface area contributed by atoms with Crippen LogP contribution in [-0.2, 0) is 22.0 Å². The number of hydrogen-bond acceptors (Lipinski definition) is 3. The van der Waals surface area contributed by atoms with E-state index in [4.69, 9.17) is 12.2 Å². The molecule has 0 bridgehead atoms. The second-order valence-corrected chi connectivity index (χ2v) is 10.5. The number of anilines is 1. The molecule has 29 heavy (non-hydrogen) atoms. The molecule has 0 aliphatic rings. The first kappa shape index (κ1) is 23.2. The minimum atomic E-state index is -3.28. The van der Waals surface area contributed by atoms with Gasteiger partial charge in [-0.05, 0) is 53.4 Å². The lowest BCUT2D eigenvalue weighted by molar-refractivity contribution is 0.395. The Balaban J connectivity index is 1.95. The number of benzene rings is 2. The zero-order chi connectivity index (χ0) is 21.8. The Morgan fingerprint density at radius 3 is 2.10 bits per heavy atom. The molecular weight excluding hydrogens is 402 g/mol. The van der Waals surface area contributed by atoms with E-state index in [-0.39, 0.29) is 11.5 Å². The molecule has 0 aliphatic heterocycles. The molecule has 0 spiro atoms. The van der Waals surface area contributed by atoms with E-state index in [1.807, 2.05) is 24.1 Å². The zero-order valence-electron chi connectivity index (χ0n) is 18.0. The van der Waals surface area contributed by atoms with Gasteiger partial charge in [0.05, 0.1) is 12.3 Å². The van der Waals surface area contributed by atoms with Gasteiger partial charge in [-0.25, -0.2) is 8.42 Å². The van der Waals surface area contributed by atoms with Crippen molar-refractivity contribution in [3.8, 4) is 0 Å². The van der Waals surface area contributed by atoms with E-state index in [1.165, 1.54) is 11.1 Å². The van der Waals surface area contributed by atoms with Gasteiger partial charge >= 0.3 is 0 Å². The van der Waals surface area contributed by atoms with Gasteiger partial charge in [0, 0.05) is 19.3 Å². The second-order valence-electron chi connectivity index (χ2n) is 8.39. The van der Waals surface area contributed by atoms with Crippen LogP contribution in [0.25, 0.3) is 0 Å². The number of nitrogens with one attached hydrogen (secondary N) is 2. The van der Waals surface area contributed by atoms with Crippen molar-refractivity contribution in [1.82, 2.24) is 10.2 Å². The van der Waals surface area contributed by atoms with E-state index < -0.39 is 10.0 Å². The maximum absolute atomic E-state index is 11.3. The van der Waals surface area contributed by atoms with Crippen LogP contribution in [-0.4, -0.2) is 31.7 Å². The Hall–Kier alpha value is -2.12. The number of hydrogen-bond donors (Lipinski definition) is 2. The van der Waals surface area contributed by atoms with Gasteiger partial charge in [0.1, 0.15) is 0 Å². The van der Waals surface area contributed by atoms with Crippen LogP contribution in [0.1, 0.15) is 50.4 Å². The predicted octanol–water partition coefficient (Wildman–Crippen LogP) is 4.42. The molecule has 158 valence electrons. The molecule has 2 rings (SSSR count). The lowest BCUT2D eigenvalue weighted by Gasteiger charge is -2.28. The van der Waals surface area contributed by atoms with Crippen LogP contribution in [0.4, 0.5) is 5.69 Å². The third-order valence-corrected chi connectivity index (χ3v) is 5.90. The van der Waals surface area contributed by atoms with E-state index in [1.54, 1.807) is 12.1 Å². The molecular formula is C22H31N3O2S2. The number of sulfonamides is 1. The van der Waals surface area contributed by atoms with Gasteiger partial charge in [-0.15, -0.1) is 0 Å². The molecule has 0 heterocycles. The fourth-order valence-electron chi connectivity index (χ4n) is 2.87. The third kappa shape index (κ3) is 7.01. The van der Waals surface area contributed by atoms with Crippen LogP contribution in [0, 0.1) is 0 Å². The van der Waals surface area contributed by atoms with Crippen molar-refractivity contribution in [2.45, 2.75) is 45.7 Å². The molecule has 0 aliphatic carbocycles. The lowest BCUT2D eigenvalue weighted by atomic mass is 9.87. The number of rotatable bonds is 6. The summed E-state index contributed by atoms with van der Waals surface area (Å²) in [5.41, 5.74) is 4.22. The summed E-state index contributed by atoms with van der Waals surface area (Å²) < 4.78 is 25.1. The van der Waals surface area contributed by atoms with E-state index in [2.05, 4.69) is 62.0 Å². The first-order valence-corrected chi connectivity index (χ1v) is 11.8. The molecule has 0 aromatic heterocycles. The SMILES string of the molecule is CC(c1ccc(NS(C)(=O)=O)cc1)N(C)C(=S)NCc1ccc(C(C)(C)C)cc1. The predicted molar refractivity (Wildman–Crippen MR) is 126 cm³/mol. The molecule has 1 atom stereocenters. The van der Waals surface area contributed by atoms with Crippen molar-refractivity contribution in [2.75, 3.05) is 18.0 Å². The average Bonchev–Trinajstić information content (AvgIpc) is 2.64. The van der Waals surface area contributed by atoms with E-state index >= 15 is 0 Å². The topological polar surface area (TPSA) is 61.4 Å². The summed E-state index contributed by atoms with van der Waals surface area (Å²) in [6.07, 6.45) is 1.14. The Labute approximate surface area is 180 Å². The third-order valence-electron chi connectivity index (χ3n) is 4.86. The van der Waals surface area contributed by atoms with Crippen molar-refractivity contribution >= 4 is 33.0 Å². The highest BCUT2D eigenvalue weighted by Gasteiger charge is 2.16. The smallest absolute Gasteiger partial charge is 0.229 e. The monoisotopic (exact) mass is 433 g/mol. The quantitative estimate of drug-likeness (QED) is 0.660. The van der Waals surface area contributed by atoms with Gasteiger partial charge in [0.15, 0.2) is 5.11 Å². The summed E-state index contributed by atoms with van der Waals surface area (Å²) in [4.78, 5) is 2.00. The van der Waals surface area contributed by atoms with Crippen molar-refractivity contribution in [2.24, 2.45) is 0 Å². The molecule has 5 nitrogen and oxygen atoms in total. The molecule has 2 aromatic carbocycles. The normalized spacial score (nSPS) is 12.9. The second kappa shape index (κ2) is 9.13. The van der Waals surface area contributed by atoms with Crippen LogP contribution >= 0.6 is 12.2 Å². The summed E-state index contributed by atoms with van der Waals surface area (Å²) in [6, 6.07) is 16.0.